The first-order valence-electron chi connectivity index (χ1n) is 8.86. The number of carbonyl (C=O) groups excluding carboxylic acids is 1. The van der Waals surface area contributed by atoms with Gasteiger partial charge in [0.05, 0.1) is 5.69 Å². The Morgan fingerprint density at radius 2 is 2.04 bits per heavy atom. The van der Waals surface area contributed by atoms with Crippen molar-refractivity contribution in [3.8, 4) is 0 Å². The monoisotopic (exact) mass is 341 g/mol. The largest absolute Gasteiger partial charge is 0.336 e. The maximum absolute atomic E-state index is 12.3. The molecule has 25 heavy (non-hydrogen) atoms. The maximum Gasteiger partial charge on any atom is 0.317 e. The van der Waals surface area contributed by atoms with Gasteiger partial charge in [-0.05, 0) is 31.4 Å². The summed E-state index contributed by atoms with van der Waals surface area (Å²) in [5.74, 6) is 0. The van der Waals surface area contributed by atoms with Crippen LogP contribution in [0.3, 0.4) is 0 Å². The van der Waals surface area contributed by atoms with Gasteiger partial charge in [-0.1, -0.05) is 6.07 Å². The normalized spacial score (nSPS) is 19.6. The predicted molar refractivity (Wildman–Crippen MR) is 94.6 cm³/mol. The van der Waals surface area contributed by atoms with Crippen LogP contribution in [0.25, 0.3) is 5.65 Å². The van der Waals surface area contributed by atoms with E-state index in [-0.39, 0.29) is 11.6 Å². The second-order valence-corrected chi connectivity index (χ2v) is 6.90. The molecule has 2 fully saturated rings. The molecule has 2 amide bonds. The van der Waals surface area contributed by atoms with E-state index in [4.69, 9.17) is 0 Å². The van der Waals surface area contributed by atoms with E-state index in [0.29, 0.717) is 12.6 Å². The number of aromatic nitrogens is 2. The van der Waals surface area contributed by atoms with E-state index in [1.807, 2.05) is 24.0 Å². The second-order valence-electron chi connectivity index (χ2n) is 6.90. The van der Waals surface area contributed by atoms with Crippen molar-refractivity contribution < 1.29 is 4.79 Å². The maximum atomic E-state index is 12.3. The number of pyridine rings is 1. The third-order valence-corrected chi connectivity index (χ3v) is 5.21. The summed E-state index contributed by atoms with van der Waals surface area (Å²) in [6.45, 7) is 6.05. The Morgan fingerprint density at radius 1 is 1.24 bits per heavy atom. The third-order valence-electron chi connectivity index (χ3n) is 5.21. The highest BCUT2D eigenvalue weighted by molar-refractivity contribution is 5.76. The van der Waals surface area contributed by atoms with Crippen LogP contribution in [0.15, 0.2) is 29.2 Å². The van der Waals surface area contributed by atoms with Crippen molar-refractivity contribution in [3.63, 3.8) is 0 Å². The quantitative estimate of drug-likeness (QED) is 0.904. The highest BCUT2D eigenvalue weighted by atomic mass is 16.2. The van der Waals surface area contributed by atoms with Gasteiger partial charge in [0.1, 0.15) is 5.65 Å². The lowest BCUT2D eigenvalue weighted by atomic mass is 10.0. The number of hydrogen-bond donors (Lipinski definition) is 1. The van der Waals surface area contributed by atoms with Gasteiger partial charge >= 0.3 is 6.03 Å². The summed E-state index contributed by atoms with van der Waals surface area (Å²) in [4.78, 5) is 33.1. The Balaban J connectivity index is 1.45. The van der Waals surface area contributed by atoms with Gasteiger partial charge in [0.2, 0.25) is 0 Å². The van der Waals surface area contributed by atoms with Gasteiger partial charge in [-0.15, -0.1) is 0 Å². The van der Waals surface area contributed by atoms with E-state index in [1.54, 1.807) is 16.7 Å². The molecule has 0 spiro atoms. The second kappa shape index (κ2) is 6.48. The number of nitrogens with zero attached hydrogens (tertiary/aromatic N) is 4. The van der Waals surface area contributed by atoms with Crippen LogP contribution in [0.4, 0.5) is 4.79 Å². The fourth-order valence-electron chi connectivity index (χ4n) is 3.84. The van der Waals surface area contributed by atoms with Crippen LogP contribution in [0, 0.1) is 6.92 Å². The summed E-state index contributed by atoms with van der Waals surface area (Å²) >= 11 is 0. The fourth-order valence-corrected chi connectivity index (χ4v) is 3.84. The molecule has 4 rings (SSSR count). The van der Waals surface area contributed by atoms with Crippen molar-refractivity contribution >= 4 is 11.7 Å². The Kier molecular flexibility index (Phi) is 4.17. The van der Waals surface area contributed by atoms with Crippen LogP contribution in [-0.2, 0) is 6.54 Å². The molecule has 2 aliphatic rings. The van der Waals surface area contributed by atoms with Gasteiger partial charge in [0, 0.05) is 51.0 Å². The number of fused-ring (bicyclic) bond motifs is 1. The molecule has 7 heteroatoms. The molecule has 0 saturated carbocycles. The van der Waals surface area contributed by atoms with Crippen LogP contribution < -0.4 is 10.9 Å². The smallest absolute Gasteiger partial charge is 0.317 e. The Morgan fingerprint density at radius 3 is 2.76 bits per heavy atom. The van der Waals surface area contributed by atoms with Gasteiger partial charge in [-0.25, -0.2) is 9.78 Å². The minimum atomic E-state index is -0.0349. The van der Waals surface area contributed by atoms with Gasteiger partial charge in [0.15, 0.2) is 0 Å². The molecule has 1 N–H and O–H groups in total. The van der Waals surface area contributed by atoms with Crippen molar-refractivity contribution in [1.29, 1.82) is 0 Å². The van der Waals surface area contributed by atoms with Crippen molar-refractivity contribution in [2.24, 2.45) is 0 Å². The van der Waals surface area contributed by atoms with Crippen molar-refractivity contribution in [2.75, 3.05) is 26.2 Å². The molecule has 0 aliphatic carbocycles. The molecule has 7 nitrogen and oxygen atoms in total. The SMILES string of the molecule is Cc1cccn2c(=O)cc(CN3CCC(N4CCNC4=O)CC3)nc12. The molecule has 2 aliphatic heterocycles. The number of hydrogen-bond acceptors (Lipinski definition) is 4. The van der Waals surface area contributed by atoms with Gasteiger partial charge in [-0.3, -0.25) is 14.1 Å². The fraction of sp³-hybridized carbons (Fsp3) is 0.500. The Hall–Kier alpha value is -2.41. The highest BCUT2D eigenvalue weighted by Gasteiger charge is 2.30. The number of aryl methyl sites for hydroxylation is 1. The number of nitrogens with one attached hydrogen (secondary N) is 1. The van der Waals surface area contributed by atoms with E-state index in [1.165, 1.54) is 0 Å². The Bertz CT molecular complexity index is 854. The molecular formula is C18H23N5O2. The minimum absolute atomic E-state index is 0.0349. The zero-order valence-corrected chi connectivity index (χ0v) is 14.4. The standard InChI is InChI=1S/C18H23N5O2/c1-13-3-2-7-23-16(24)11-14(20-17(13)23)12-21-8-4-15(5-9-21)22-10-6-19-18(22)25/h2-3,7,11,15H,4-6,8-10,12H2,1H3,(H,19,25). The number of piperidine rings is 1. The summed E-state index contributed by atoms with van der Waals surface area (Å²) in [7, 11) is 0. The van der Waals surface area contributed by atoms with Crippen molar-refractivity contribution in [3.05, 3.63) is 46.0 Å². The lowest BCUT2D eigenvalue weighted by Gasteiger charge is -2.35. The number of urea groups is 1. The van der Waals surface area contributed by atoms with Crippen LogP contribution in [0.2, 0.25) is 0 Å². The zero-order valence-electron chi connectivity index (χ0n) is 14.4. The molecule has 0 atom stereocenters. The van der Waals surface area contributed by atoms with Crippen molar-refractivity contribution in [2.45, 2.75) is 32.4 Å². The highest BCUT2D eigenvalue weighted by Crippen LogP contribution is 2.19. The van der Waals surface area contributed by atoms with Gasteiger partial charge < -0.3 is 10.2 Å². The molecule has 0 radical (unpaired) electrons. The summed E-state index contributed by atoms with van der Waals surface area (Å²) in [5, 5.41) is 2.87. The molecular weight excluding hydrogens is 318 g/mol. The number of likely N-dealkylation sites (tertiary alicyclic amines) is 1. The molecule has 2 aromatic heterocycles. The lowest BCUT2D eigenvalue weighted by molar-refractivity contribution is 0.131. The minimum Gasteiger partial charge on any atom is -0.336 e. The summed E-state index contributed by atoms with van der Waals surface area (Å²) in [6, 6.07) is 5.86. The molecule has 0 bridgehead atoms. The zero-order chi connectivity index (χ0) is 17.4. The predicted octanol–water partition coefficient (Wildman–Crippen LogP) is 0.993. The van der Waals surface area contributed by atoms with Crippen molar-refractivity contribution in [1.82, 2.24) is 24.5 Å². The first-order valence-corrected chi connectivity index (χ1v) is 8.86. The van der Waals surface area contributed by atoms with Crippen LogP contribution in [0.1, 0.15) is 24.1 Å². The topological polar surface area (TPSA) is 70.0 Å². The van der Waals surface area contributed by atoms with E-state index < -0.39 is 0 Å². The van der Waals surface area contributed by atoms with Crippen LogP contribution >= 0.6 is 0 Å². The Labute approximate surface area is 146 Å². The summed E-state index contributed by atoms with van der Waals surface area (Å²) in [6.07, 6.45) is 3.70. The number of carbonyl (C=O) groups is 1. The molecule has 2 aromatic rings. The lowest BCUT2D eigenvalue weighted by Crippen LogP contribution is -2.46. The average molecular weight is 341 g/mol. The summed E-state index contributed by atoms with van der Waals surface area (Å²) in [5.41, 5.74) is 2.51. The van der Waals surface area contributed by atoms with Gasteiger partial charge in [0.25, 0.3) is 5.56 Å². The molecule has 0 unspecified atom stereocenters. The van der Waals surface area contributed by atoms with E-state index >= 15 is 0 Å². The molecule has 2 saturated heterocycles. The van der Waals surface area contributed by atoms with Crippen LogP contribution in [-0.4, -0.2) is 57.4 Å². The van der Waals surface area contributed by atoms with E-state index in [9.17, 15) is 9.59 Å². The average Bonchev–Trinajstić information content (AvgIpc) is 3.03. The molecule has 132 valence electrons. The first kappa shape index (κ1) is 16.1. The molecule has 0 aromatic carbocycles. The van der Waals surface area contributed by atoms with Gasteiger partial charge in [-0.2, -0.15) is 0 Å². The van der Waals surface area contributed by atoms with Crippen LogP contribution in [0.5, 0.6) is 0 Å². The third kappa shape index (κ3) is 3.11. The number of rotatable bonds is 3. The van der Waals surface area contributed by atoms with E-state index in [0.717, 1.165) is 55.9 Å². The van der Waals surface area contributed by atoms with E-state index in [2.05, 4.69) is 15.2 Å². The molecule has 4 heterocycles. The first-order chi connectivity index (χ1) is 12.1. The summed E-state index contributed by atoms with van der Waals surface area (Å²) < 4.78 is 1.59. The number of amides is 2.